The molecule has 0 N–H and O–H groups in total. The van der Waals surface area contributed by atoms with Crippen LogP contribution in [0, 0.1) is 34.0 Å². The zero-order valence-corrected chi connectivity index (χ0v) is 15.2. The maximum absolute atomic E-state index is 9.58. The van der Waals surface area contributed by atoms with Crippen molar-refractivity contribution in [3.05, 3.63) is 75.9 Å². The van der Waals surface area contributed by atoms with E-state index in [9.17, 15) is 5.26 Å². The number of nitrogens with zero attached hydrogens (tertiary/aromatic N) is 4. The molecule has 0 aromatic heterocycles. The first-order valence-electron chi connectivity index (χ1n) is 8.29. The fraction of sp³-hybridized carbons (Fsp3) is 0.182. The van der Waals surface area contributed by atoms with Gasteiger partial charge in [0.1, 0.15) is 29.4 Å². The van der Waals surface area contributed by atoms with Gasteiger partial charge >= 0.3 is 0 Å². The SMILES string of the molecule is CN1C(=C=CC2=C(C#N)C(=C(C#N)C#N)OC2(C)C)C=Cc2ccccc21. The van der Waals surface area contributed by atoms with E-state index >= 15 is 0 Å². The molecule has 1 aromatic carbocycles. The third-order valence-electron chi connectivity index (χ3n) is 4.51. The van der Waals surface area contributed by atoms with Crippen molar-refractivity contribution >= 4 is 11.8 Å². The quantitative estimate of drug-likeness (QED) is 0.561. The van der Waals surface area contributed by atoms with Gasteiger partial charge in [-0.3, -0.25) is 0 Å². The predicted molar refractivity (Wildman–Crippen MR) is 102 cm³/mol. The zero-order chi connectivity index (χ0) is 19.6. The molecule has 3 rings (SSSR count). The standard InChI is InChI=1S/C22H16N4O/c1-22(2)19(18(14-25)21(27-22)16(12-23)13-24)11-10-17-9-8-15-6-4-5-7-20(15)26(17)3/h4-9,11H,1-3H3. The average Bonchev–Trinajstić information content (AvgIpc) is 2.92. The van der Waals surface area contributed by atoms with Crippen LogP contribution in [-0.2, 0) is 4.74 Å². The molecule has 27 heavy (non-hydrogen) atoms. The summed E-state index contributed by atoms with van der Waals surface area (Å²) in [6, 6.07) is 13.7. The van der Waals surface area contributed by atoms with Gasteiger partial charge in [0.2, 0.25) is 0 Å². The lowest BCUT2D eigenvalue weighted by atomic mass is 9.95. The van der Waals surface area contributed by atoms with Crippen molar-refractivity contribution < 1.29 is 4.74 Å². The van der Waals surface area contributed by atoms with Crippen LogP contribution in [-0.4, -0.2) is 12.6 Å². The summed E-state index contributed by atoms with van der Waals surface area (Å²) in [6.45, 7) is 3.58. The third-order valence-corrected chi connectivity index (χ3v) is 4.51. The maximum Gasteiger partial charge on any atom is 0.172 e. The molecular weight excluding hydrogens is 336 g/mol. The van der Waals surface area contributed by atoms with Crippen LogP contribution in [0.15, 0.2) is 70.3 Å². The van der Waals surface area contributed by atoms with Crippen molar-refractivity contribution in [2.75, 3.05) is 11.9 Å². The summed E-state index contributed by atoms with van der Waals surface area (Å²) in [5, 5.41) is 27.8. The minimum Gasteiger partial charge on any atom is -0.480 e. The lowest BCUT2D eigenvalue weighted by Gasteiger charge is -2.25. The van der Waals surface area contributed by atoms with E-state index in [2.05, 4.69) is 11.8 Å². The number of hydrogen-bond acceptors (Lipinski definition) is 5. The van der Waals surface area contributed by atoms with Crippen LogP contribution in [0.1, 0.15) is 19.4 Å². The van der Waals surface area contributed by atoms with Crippen molar-refractivity contribution in [3.8, 4) is 18.2 Å². The molecule has 2 heterocycles. The Bertz CT molecular complexity index is 1090. The summed E-state index contributed by atoms with van der Waals surface area (Å²) >= 11 is 0. The number of para-hydroxylation sites is 1. The van der Waals surface area contributed by atoms with Gasteiger partial charge in [0.25, 0.3) is 0 Å². The summed E-state index contributed by atoms with van der Waals surface area (Å²) in [5.74, 6) is 0.0310. The van der Waals surface area contributed by atoms with Gasteiger partial charge in [0.05, 0.1) is 5.70 Å². The maximum atomic E-state index is 9.58. The number of ether oxygens (including phenoxy) is 1. The molecule has 0 amide bonds. The Kier molecular flexibility index (Phi) is 4.45. The fourth-order valence-corrected chi connectivity index (χ4v) is 3.08. The van der Waals surface area contributed by atoms with E-state index in [4.69, 9.17) is 15.3 Å². The molecule has 0 unspecified atom stereocenters. The second-order valence-electron chi connectivity index (χ2n) is 6.57. The van der Waals surface area contributed by atoms with Crippen LogP contribution in [0.2, 0.25) is 0 Å². The number of hydrogen-bond donors (Lipinski definition) is 0. The molecule has 0 saturated carbocycles. The van der Waals surface area contributed by atoms with E-state index in [-0.39, 0.29) is 16.9 Å². The molecule has 130 valence electrons. The number of rotatable bonds is 1. The van der Waals surface area contributed by atoms with Crippen molar-refractivity contribution in [2.45, 2.75) is 19.4 Å². The first-order chi connectivity index (χ1) is 12.9. The highest BCUT2D eigenvalue weighted by Crippen LogP contribution is 2.40. The average molecular weight is 352 g/mol. The monoisotopic (exact) mass is 352 g/mol. The van der Waals surface area contributed by atoms with Crippen molar-refractivity contribution in [3.63, 3.8) is 0 Å². The normalized spacial score (nSPS) is 16.5. The van der Waals surface area contributed by atoms with Crippen LogP contribution >= 0.6 is 0 Å². The Balaban J connectivity index is 2.14. The lowest BCUT2D eigenvalue weighted by Crippen LogP contribution is -2.21. The van der Waals surface area contributed by atoms with Crippen LogP contribution in [0.25, 0.3) is 6.08 Å². The number of nitriles is 3. The summed E-state index contributed by atoms with van der Waals surface area (Å²) < 4.78 is 5.76. The Morgan fingerprint density at radius 3 is 2.48 bits per heavy atom. The van der Waals surface area contributed by atoms with Crippen LogP contribution in [0.3, 0.4) is 0 Å². The Morgan fingerprint density at radius 1 is 1.11 bits per heavy atom. The summed E-state index contributed by atoms with van der Waals surface area (Å²) in [5.41, 5.74) is 5.94. The highest BCUT2D eigenvalue weighted by molar-refractivity contribution is 5.76. The molecule has 0 atom stereocenters. The van der Waals surface area contributed by atoms with E-state index in [1.165, 1.54) is 0 Å². The number of fused-ring (bicyclic) bond motifs is 1. The van der Waals surface area contributed by atoms with Gasteiger partial charge < -0.3 is 9.64 Å². The van der Waals surface area contributed by atoms with E-state index in [1.54, 1.807) is 32.1 Å². The second kappa shape index (κ2) is 6.74. The van der Waals surface area contributed by atoms with Crippen LogP contribution in [0.5, 0.6) is 0 Å². The lowest BCUT2D eigenvalue weighted by molar-refractivity contribution is 0.0954. The molecular formula is C22H16N4O. The first-order valence-corrected chi connectivity index (χ1v) is 8.29. The summed E-state index contributed by atoms with van der Waals surface area (Å²) in [7, 11) is 1.95. The molecule has 0 aliphatic carbocycles. The third kappa shape index (κ3) is 3.03. The number of allylic oxidation sites excluding steroid dienone is 2. The smallest absolute Gasteiger partial charge is 0.172 e. The number of likely N-dealkylation sites (N-methyl/N-ethyl adjacent to an activating group) is 1. The molecule has 0 saturated heterocycles. The Labute approximate surface area is 158 Å². The largest absolute Gasteiger partial charge is 0.480 e. The van der Waals surface area contributed by atoms with Crippen LogP contribution in [0.4, 0.5) is 5.69 Å². The number of anilines is 1. The minimum absolute atomic E-state index is 0.0310. The van der Waals surface area contributed by atoms with Gasteiger partial charge in [0, 0.05) is 18.3 Å². The van der Waals surface area contributed by atoms with E-state index in [0.29, 0.717) is 5.57 Å². The molecule has 2 aliphatic heterocycles. The Morgan fingerprint density at radius 2 is 1.81 bits per heavy atom. The fourth-order valence-electron chi connectivity index (χ4n) is 3.08. The van der Waals surface area contributed by atoms with Gasteiger partial charge in [-0.05, 0) is 37.6 Å². The molecule has 0 spiro atoms. The topological polar surface area (TPSA) is 83.8 Å². The Hall–Kier alpha value is -3.97. The van der Waals surface area contributed by atoms with Gasteiger partial charge in [0.15, 0.2) is 11.3 Å². The molecule has 0 fully saturated rings. The van der Waals surface area contributed by atoms with Gasteiger partial charge in [-0.2, -0.15) is 15.8 Å². The summed E-state index contributed by atoms with van der Waals surface area (Å²) in [4.78, 5) is 2.01. The van der Waals surface area contributed by atoms with E-state index in [1.807, 2.05) is 48.4 Å². The minimum atomic E-state index is -0.845. The highest BCUT2D eigenvalue weighted by Gasteiger charge is 2.38. The summed E-state index contributed by atoms with van der Waals surface area (Å²) in [6.07, 6.45) is 5.65. The first kappa shape index (κ1) is 17.8. The van der Waals surface area contributed by atoms with Gasteiger partial charge in [-0.15, -0.1) is 0 Å². The van der Waals surface area contributed by atoms with E-state index in [0.717, 1.165) is 16.9 Å². The molecule has 0 radical (unpaired) electrons. The van der Waals surface area contributed by atoms with Gasteiger partial charge in [-0.1, -0.05) is 30.0 Å². The van der Waals surface area contributed by atoms with Crippen molar-refractivity contribution in [1.29, 1.82) is 15.8 Å². The van der Waals surface area contributed by atoms with Crippen LogP contribution < -0.4 is 4.90 Å². The van der Waals surface area contributed by atoms with Gasteiger partial charge in [-0.25, -0.2) is 0 Å². The van der Waals surface area contributed by atoms with Crippen molar-refractivity contribution in [1.82, 2.24) is 0 Å². The van der Waals surface area contributed by atoms with Crippen molar-refractivity contribution in [2.24, 2.45) is 0 Å². The molecule has 0 bridgehead atoms. The number of benzene rings is 1. The predicted octanol–water partition coefficient (Wildman–Crippen LogP) is 4.12. The highest BCUT2D eigenvalue weighted by atomic mass is 16.5. The van der Waals surface area contributed by atoms with E-state index < -0.39 is 5.60 Å². The second-order valence-corrected chi connectivity index (χ2v) is 6.57. The molecule has 1 aromatic rings. The molecule has 5 nitrogen and oxygen atoms in total. The molecule has 5 heteroatoms. The zero-order valence-electron chi connectivity index (χ0n) is 15.2. The molecule has 2 aliphatic rings.